The molecule has 0 radical (unpaired) electrons. The summed E-state index contributed by atoms with van der Waals surface area (Å²) in [6.45, 7) is 4.48. The van der Waals surface area contributed by atoms with E-state index in [9.17, 15) is 4.79 Å². The van der Waals surface area contributed by atoms with Gasteiger partial charge in [0.2, 0.25) is 11.4 Å². The number of rotatable bonds is 3. The number of oxazole rings is 1. The number of H-pyrrole nitrogens is 1. The second-order valence-corrected chi connectivity index (χ2v) is 5.33. The highest BCUT2D eigenvalue weighted by molar-refractivity contribution is 5.26. The number of aryl methyl sites for hydroxylation is 3. The zero-order chi connectivity index (χ0) is 14.1. The molecule has 0 spiro atoms. The van der Waals surface area contributed by atoms with Crippen molar-refractivity contribution in [3.63, 3.8) is 0 Å². The second kappa shape index (κ2) is 5.25. The Morgan fingerprint density at radius 2 is 2.30 bits per heavy atom. The van der Waals surface area contributed by atoms with E-state index in [0.29, 0.717) is 6.54 Å². The molecular weight excluding hydrogens is 254 g/mol. The maximum absolute atomic E-state index is 11.4. The molecule has 0 aliphatic heterocycles. The van der Waals surface area contributed by atoms with Crippen LogP contribution in [-0.4, -0.2) is 9.97 Å². The normalized spacial score (nSPS) is 18.0. The molecule has 106 valence electrons. The predicted octanol–water partition coefficient (Wildman–Crippen LogP) is 2.15. The summed E-state index contributed by atoms with van der Waals surface area (Å²) in [5.41, 5.74) is 3.16. The molecule has 0 bridgehead atoms. The van der Waals surface area contributed by atoms with Crippen LogP contribution in [0.15, 0.2) is 21.3 Å². The molecule has 0 saturated heterocycles. The Labute approximate surface area is 117 Å². The first kappa shape index (κ1) is 13.1. The van der Waals surface area contributed by atoms with E-state index < -0.39 is 0 Å². The highest BCUT2D eigenvalue weighted by atomic mass is 16.4. The van der Waals surface area contributed by atoms with Crippen molar-refractivity contribution in [3.05, 3.63) is 51.1 Å². The minimum atomic E-state index is -0.0247. The molecule has 0 saturated carbocycles. The third-order valence-corrected chi connectivity index (χ3v) is 3.90. The topological polar surface area (TPSA) is 70.9 Å². The minimum Gasteiger partial charge on any atom is -0.444 e. The van der Waals surface area contributed by atoms with E-state index in [4.69, 9.17) is 4.42 Å². The van der Waals surface area contributed by atoms with Gasteiger partial charge < -0.3 is 14.7 Å². The number of hydrogen-bond acceptors (Lipinski definition) is 4. The van der Waals surface area contributed by atoms with Gasteiger partial charge >= 0.3 is 0 Å². The summed E-state index contributed by atoms with van der Waals surface area (Å²) < 4.78 is 5.58. The van der Waals surface area contributed by atoms with Gasteiger partial charge in [0.05, 0.1) is 12.2 Å². The molecule has 1 atom stereocenters. The summed E-state index contributed by atoms with van der Waals surface area (Å²) >= 11 is 0. The number of nitrogens with zero attached hydrogens (tertiary/aromatic N) is 1. The first-order chi connectivity index (χ1) is 9.63. The van der Waals surface area contributed by atoms with Crippen LogP contribution in [0.25, 0.3) is 0 Å². The average molecular weight is 273 g/mol. The van der Waals surface area contributed by atoms with Gasteiger partial charge in [-0.3, -0.25) is 4.79 Å². The number of aromatic amines is 1. The molecule has 2 aromatic heterocycles. The van der Waals surface area contributed by atoms with Crippen LogP contribution >= 0.6 is 0 Å². The third-order valence-electron chi connectivity index (χ3n) is 3.90. The van der Waals surface area contributed by atoms with Gasteiger partial charge in [0, 0.05) is 17.8 Å². The lowest BCUT2D eigenvalue weighted by Gasteiger charge is -2.25. The lowest BCUT2D eigenvalue weighted by Crippen LogP contribution is -2.27. The van der Waals surface area contributed by atoms with Crippen LogP contribution in [0.3, 0.4) is 0 Å². The first-order valence-electron chi connectivity index (χ1n) is 7.02. The summed E-state index contributed by atoms with van der Waals surface area (Å²) in [7, 11) is 0. The molecule has 0 fully saturated rings. The van der Waals surface area contributed by atoms with E-state index in [0.717, 1.165) is 42.3 Å². The number of hydrogen-bond donors (Lipinski definition) is 2. The van der Waals surface area contributed by atoms with Gasteiger partial charge in [0.1, 0.15) is 5.76 Å². The van der Waals surface area contributed by atoms with Gasteiger partial charge in [-0.05, 0) is 38.7 Å². The van der Waals surface area contributed by atoms with Crippen LogP contribution in [-0.2, 0) is 13.0 Å². The predicted molar refractivity (Wildman–Crippen MR) is 75.6 cm³/mol. The largest absolute Gasteiger partial charge is 0.444 e. The van der Waals surface area contributed by atoms with Crippen molar-refractivity contribution < 1.29 is 4.42 Å². The second-order valence-electron chi connectivity index (χ2n) is 5.33. The Bertz CT molecular complexity index is 652. The van der Waals surface area contributed by atoms with Crippen molar-refractivity contribution in [2.75, 3.05) is 0 Å². The number of fused-ring (bicyclic) bond motifs is 1. The van der Waals surface area contributed by atoms with Crippen LogP contribution in [0.4, 0.5) is 0 Å². The fourth-order valence-corrected chi connectivity index (χ4v) is 2.74. The summed E-state index contributed by atoms with van der Waals surface area (Å²) in [6.07, 6.45) is 3.09. The van der Waals surface area contributed by atoms with Gasteiger partial charge in [-0.25, -0.2) is 4.98 Å². The van der Waals surface area contributed by atoms with Gasteiger partial charge in [0.15, 0.2) is 0 Å². The number of pyridine rings is 1. The molecular formula is C15H19N3O2. The van der Waals surface area contributed by atoms with Gasteiger partial charge in [-0.2, -0.15) is 0 Å². The Morgan fingerprint density at radius 1 is 1.45 bits per heavy atom. The molecule has 5 nitrogen and oxygen atoms in total. The Balaban J connectivity index is 1.74. The van der Waals surface area contributed by atoms with E-state index >= 15 is 0 Å². The summed E-state index contributed by atoms with van der Waals surface area (Å²) in [5.74, 6) is 1.59. The first-order valence-corrected chi connectivity index (χ1v) is 7.02. The van der Waals surface area contributed by atoms with Crippen LogP contribution in [0.5, 0.6) is 0 Å². The highest BCUT2D eigenvalue weighted by Gasteiger charge is 2.20. The van der Waals surface area contributed by atoms with Crippen molar-refractivity contribution in [1.29, 1.82) is 0 Å². The summed E-state index contributed by atoms with van der Waals surface area (Å²) in [5, 5.41) is 3.48. The van der Waals surface area contributed by atoms with E-state index in [1.807, 2.05) is 19.9 Å². The molecule has 0 amide bonds. The van der Waals surface area contributed by atoms with E-state index in [1.165, 1.54) is 5.56 Å². The number of aromatic nitrogens is 2. The molecule has 2 N–H and O–H groups in total. The average Bonchev–Trinajstić information content (AvgIpc) is 2.75. The fourth-order valence-electron chi connectivity index (χ4n) is 2.74. The molecule has 2 aromatic rings. The molecule has 5 heteroatoms. The maximum Gasteiger partial charge on any atom is 0.248 e. The molecule has 0 aromatic carbocycles. The van der Waals surface area contributed by atoms with Crippen LogP contribution in [0.2, 0.25) is 0 Å². The Kier molecular flexibility index (Phi) is 3.44. The summed E-state index contributed by atoms with van der Waals surface area (Å²) in [4.78, 5) is 18.7. The standard InChI is InChI=1S/C15H19N3O2/c1-9-10(2)20-15(17-9)8-16-12-4-3-5-13-11(12)6-7-14(19)18-13/h6-7,12,16H,3-5,8H2,1-2H3,(H,18,19). The molecule has 1 unspecified atom stereocenters. The summed E-state index contributed by atoms with van der Waals surface area (Å²) in [6, 6.07) is 3.78. The van der Waals surface area contributed by atoms with Gasteiger partial charge in [-0.15, -0.1) is 0 Å². The zero-order valence-corrected chi connectivity index (χ0v) is 11.8. The van der Waals surface area contributed by atoms with Crippen LogP contribution in [0.1, 0.15) is 47.5 Å². The monoisotopic (exact) mass is 273 g/mol. The van der Waals surface area contributed by atoms with E-state index in [-0.39, 0.29) is 11.6 Å². The lowest BCUT2D eigenvalue weighted by molar-refractivity contribution is 0.399. The van der Waals surface area contributed by atoms with Crippen molar-refractivity contribution in [2.24, 2.45) is 0 Å². The van der Waals surface area contributed by atoms with Crippen LogP contribution < -0.4 is 10.9 Å². The highest BCUT2D eigenvalue weighted by Crippen LogP contribution is 2.27. The van der Waals surface area contributed by atoms with Crippen molar-refractivity contribution >= 4 is 0 Å². The minimum absolute atomic E-state index is 0.0247. The van der Waals surface area contributed by atoms with Crippen molar-refractivity contribution in [2.45, 2.75) is 45.7 Å². The molecule has 2 heterocycles. The van der Waals surface area contributed by atoms with Crippen molar-refractivity contribution in [3.8, 4) is 0 Å². The van der Waals surface area contributed by atoms with E-state index in [2.05, 4.69) is 15.3 Å². The van der Waals surface area contributed by atoms with Gasteiger partial charge in [0.25, 0.3) is 0 Å². The molecule has 1 aliphatic rings. The van der Waals surface area contributed by atoms with E-state index in [1.54, 1.807) is 6.07 Å². The zero-order valence-electron chi connectivity index (χ0n) is 11.8. The lowest BCUT2D eigenvalue weighted by atomic mass is 9.91. The smallest absolute Gasteiger partial charge is 0.248 e. The van der Waals surface area contributed by atoms with Crippen LogP contribution in [0, 0.1) is 13.8 Å². The Morgan fingerprint density at radius 3 is 3.05 bits per heavy atom. The SMILES string of the molecule is Cc1nc(CNC2CCCc3[nH]c(=O)ccc32)oc1C. The Hall–Kier alpha value is -1.88. The number of nitrogens with one attached hydrogen (secondary N) is 2. The molecule has 20 heavy (non-hydrogen) atoms. The molecule has 1 aliphatic carbocycles. The fraction of sp³-hybridized carbons (Fsp3) is 0.467. The van der Waals surface area contributed by atoms with Crippen molar-refractivity contribution in [1.82, 2.24) is 15.3 Å². The third kappa shape index (κ3) is 2.54. The quantitative estimate of drug-likeness (QED) is 0.899. The van der Waals surface area contributed by atoms with Gasteiger partial charge in [-0.1, -0.05) is 6.07 Å². The maximum atomic E-state index is 11.4. The molecule has 3 rings (SSSR count).